The summed E-state index contributed by atoms with van der Waals surface area (Å²) in [5, 5.41) is 0.156. The highest BCUT2D eigenvalue weighted by molar-refractivity contribution is 9.10. The molecule has 0 saturated carbocycles. The lowest BCUT2D eigenvalue weighted by Gasteiger charge is -2.06. The first-order valence-electron chi connectivity index (χ1n) is 4.21. The number of halogens is 2. The van der Waals surface area contributed by atoms with Crippen molar-refractivity contribution in [3.05, 3.63) is 40.2 Å². The van der Waals surface area contributed by atoms with E-state index in [9.17, 15) is 0 Å². The van der Waals surface area contributed by atoms with Gasteiger partial charge in [0.05, 0.1) is 0 Å². The van der Waals surface area contributed by atoms with Crippen LogP contribution >= 0.6 is 27.5 Å². The van der Waals surface area contributed by atoms with E-state index < -0.39 is 0 Å². The van der Waals surface area contributed by atoms with Crippen molar-refractivity contribution in [2.75, 3.05) is 5.73 Å². The summed E-state index contributed by atoms with van der Waals surface area (Å²) in [7, 11) is 0. The van der Waals surface area contributed by atoms with E-state index in [1.54, 1.807) is 6.20 Å². The third-order valence-corrected chi connectivity index (χ3v) is 2.83. The standard InChI is InChI=1S/C10H7BrClN3/c11-8-4-2-1-3-6(8)7-5-14-10(12)15-9(7)13/h1-5H,(H2,13,14,15). The van der Waals surface area contributed by atoms with Gasteiger partial charge in [0.25, 0.3) is 0 Å². The zero-order valence-corrected chi connectivity index (χ0v) is 9.96. The fourth-order valence-corrected chi connectivity index (χ4v) is 1.90. The summed E-state index contributed by atoms with van der Waals surface area (Å²) < 4.78 is 0.947. The number of benzene rings is 1. The van der Waals surface area contributed by atoms with Crippen LogP contribution in [0.5, 0.6) is 0 Å². The number of nitrogens with zero attached hydrogens (tertiary/aromatic N) is 2. The second-order valence-electron chi connectivity index (χ2n) is 2.92. The molecule has 0 aliphatic rings. The van der Waals surface area contributed by atoms with Crippen LogP contribution in [0.1, 0.15) is 0 Å². The van der Waals surface area contributed by atoms with Crippen molar-refractivity contribution in [2.24, 2.45) is 0 Å². The molecule has 2 rings (SSSR count). The first-order valence-corrected chi connectivity index (χ1v) is 5.38. The number of anilines is 1. The van der Waals surface area contributed by atoms with Crippen molar-refractivity contribution >= 4 is 33.3 Å². The predicted molar refractivity (Wildman–Crippen MR) is 64.6 cm³/mol. The molecule has 0 fully saturated rings. The lowest BCUT2D eigenvalue weighted by Crippen LogP contribution is -1.96. The van der Waals surface area contributed by atoms with E-state index in [0.29, 0.717) is 5.82 Å². The molecule has 1 heterocycles. The molecular weight excluding hydrogens is 277 g/mol. The number of hydrogen-bond donors (Lipinski definition) is 1. The van der Waals surface area contributed by atoms with Crippen LogP contribution in [0.3, 0.4) is 0 Å². The molecule has 3 nitrogen and oxygen atoms in total. The van der Waals surface area contributed by atoms with Gasteiger partial charge in [-0.1, -0.05) is 34.1 Å². The number of nitrogens with two attached hydrogens (primary N) is 1. The van der Waals surface area contributed by atoms with Crippen molar-refractivity contribution in [1.82, 2.24) is 9.97 Å². The van der Waals surface area contributed by atoms with E-state index in [1.165, 1.54) is 0 Å². The quantitative estimate of drug-likeness (QED) is 0.819. The Morgan fingerprint density at radius 2 is 1.93 bits per heavy atom. The number of hydrogen-bond acceptors (Lipinski definition) is 3. The molecule has 2 aromatic rings. The minimum Gasteiger partial charge on any atom is -0.383 e. The first kappa shape index (κ1) is 10.4. The van der Waals surface area contributed by atoms with Gasteiger partial charge in [-0.15, -0.1) is 0 Å². The molecule has 76 valence electrons. The summed E-state index contributed by atoms with van der Waals surface area (Å²) in [6.45, 7) is 0. The smallest absolute Gasteiger partial charge is 0.224 e. The van der Waals surface area contributed by atoms with Gasteiger partial charge in [0.15, 0.2) is 0 Å². The lowest BCUT2D eigenvalue weighted by molar-refractivity contribution is 1.18. The highest BCUT2D eigenvalue weighted by Crippen LogP contribution is 2.30. The minimum atomic E-state index is 0.156. The summed E-state index contributed by atoms with van der Waals surface area (Å²) in [5.74, 6) is 0.377. The Labute approximate surface area is 100 Å². The molecule has 1 aromatic heterocycles. The van der Waals surface area contributed by atoms with E-state index in [0.717, 1.165) is 15.6 Å². The van der Waals surface area contributed by atoms with Gasteiger partial charge in [-0.2, -0.15) is 0 Å². The third-order valence-electron chi connectivity index (χ3n) is 1.95. The Balaban J connectivity index is 2.60. The molecule has 5 heteroatoms. The van der Waals surface area contributed by atoms with Crippen molar-refractivity contribution in [1.29, 1.82) is 0 Å². The van der Waals surface area contributed by atoms with Gasteiger partial charge in [-0.3, -0.25) is 0 Å². The normalized spacial score (nSPS) is 10.3. The number of aromatic nitrogens is 2. The Bertz CT molecular complexity index is 502. The average Bonchev–Trinajstić information content (AvgIpc) is 2.20. The van der Waals surface area contributed by atoms with Crippen molar-refractivity contribution in [3.63, 3.8) is 0 Å². The molecule has 0 unspecified atom stereocenters. The molecule has 0 aliphatic heterocycles. The maximum Gasteiger partial charge on any atom is 0.224 e. The largest absolute Gasteiger partial charge is 0.383 e. The van der Waals surface area contributed by atoms with Crippen molar-refractivity contribution in [2.45, 2.75) is 0 Å². The van der Waals surface area contributed by atoms with Crippen molar-refractivity contribution < 1.29 is 0 Å². The molecule has 0 saturated heterocycles. The summed E-state index contributed by atoms with van der Waals surface area (Å²) in [6.07, 6.45) is 1.62. The summed E-state index contributed by atoms with van der Waals surface area (Å²) in [5.41, 5.74) is 7.49. The fraction of sp³-hybridized carbons (Fsp3) is 0. The SMILES string of the molecule is Nc1nc(Cl)ncc1-c1ccccc1Br. The predicted octanol–water partition coefficient (Wildman–Crippen LogP) is 3.14. The highest BCUT2D eigenvalue weighted by atomic mass is 79.9. The Morgan fingerprint density at radius 1 is 1.20 bits per heavy atom. The second-order valence-corrected chi connectivity index (χ2v) is 4.11. The van der Waals surface area contributed by atoms with Gasteiger partial charge >= 0.3 is 0 Å². The topological polar surface area (TPSA) is 51.8 Å². The Kier molecular flexibility index (Phi) is 2.88. The monoisotopic (exact) mass is 283 g/mol. The zero-order chi connectivity index (χ0) is 10.8. The molecule has 0 amide bonds. The van der Waals surface area contributed by atoms with Gasteiger partial charge in [0.2, 0.25) is 5.28 Å². The van der Waals surface area contributed by atoms with E-state index in [2.05, 4.69) is 25.9 Å². The summed E-state index contributed by atoms with van der Waals surface area (Å²) in [4.78, 5) is 7.81. The summed E-state index contributed by atoms with van der Waals surface area (Å²) in [6, 6.07) is 7.73. The van der Waals surface area contributed by atoms with Crippen LogP contribution in [-0.4, -0.2) is 9.97 Å². The third kappa shape index (κ3) is 2.11. The van der Waals surface area contributed by atoms with Crippen LogP contribution in [0.25, 0.3) is 11.1 Å². The van der Waals surface area contributed by atoms with E-state index >= 15 is 0 Å². The molecule has 0 radical (unpaired) electrons. The van der Waals surface area contributed by atoms with Crippen LogP contribution in [0, 0.1) is 0 Å². The molecule has 0 aliphatic carbocycles. The lowest BCUT2D eigenvalue weighted by atomic mass is 10.1. The van der Waals surface area contributed by atoms with Gasteiger partial charge in [0, 0.05) is 21.8 Å². The van der Waals surface area contributed by atoms with Crippen LogP contribution in [0.2, 0.25) is 5.28 Å². The highest BCUT2D eigenvalue weighted by Gasteiger charge is 2.08. The van der Waals surface area contributed by atoms with Crippen LogP contribution in [0.15, 0.2) is 34.9 Å². The molecule has 15 heavy (non-hydrogen) atoms. The minimum absolute atomic E-state index is 0.156. The van der Waals surface area contributed by atoms with Crippen molar-refractivity contribution in [3.8, 4) is 11.1 Å². The van der Waals surface area contributed by atoms with E-state index in [1.807, 2.05) is 24.3 Å². The Hall–Kier alpha value is -1.13. The van der Waals surface area contributed by atoms with Gasteiger partial charge in [0.1, 0.15) is 5.82 Å². The number of nitrogen functional groups attached to an aromatic ring is 1. The zero-order valence-electron chi connectivity index (χ0n) is 7.61. The molecule has 2 N–H and O–H groups in total. The number of rotatable bonds is 1. The molecule has 0 bridgehead atoms. The maximum atomic E-state index is 5.77. The van der Waals surface area contributed by atoms with Crippen LogP contribution in [-0.2, 0) is 0 Å². The van der Waals surface area contributed by atoms with E-state index in [-0.39, 0.29) is 5.28 Å². The van der Waals surface area contributed by atoms with Gasteiger partial charge < -0.3 is 5.73 Å². The molecule has 1 aromatic carbocycles. The molecular formula is C10H7BrClN3. The molecule has 0 spiro atoms. The second kappa shape index (κ2) is 4.16. The van der Waals surface area contributed by atoms with Gasteiger partial charge in [-0.05, 0) is 17.7 Å². The van der Waals surface area contributed by atoms with Crippen LogP contribution in [0.4, 0.5) is 5.82 Å². The summed E-state index contributed by atoms with van der Waals surface area (Å²) >= 11 is 9.07. The van der Waals surface area contributed by atoms with Gasteiger partial charge in [-0.25, -0.2) is 9.97 Å². The van der Waals surface area contributed by atoms with E-state index in [4.69, 9.17) is 17.3 Å². The fourth-order valence-electron chi connectivity index (χ4n) is 1.26. The molecule has 0 atom stereocenters. The first-order chi connectivity index (χ1) is 7.18. The average molecular weight is 285 g/mol. The Morgan fingerprint density at radius 3 is 2.60 bits per heavy atom. The maximum absolute atomic E-state index is 5.77. The van der Waals surface area contributed by atoms with Crippen LogP contribution < -0.4 is 5.73 Å².